The molecule has 0 atom stereocenters. The lowest BCUT2D eigenvalue weighted by Gasteiger charge is -2.16. The number of nitrogens with zero attached hydrogens (tertiary/aromatic N) is 1. The van der Waals surface area contributed by atoms with Crippen LogP contribution in [0, 0.1) is 0 Å². The van der Waals surface area contributed by atoms with Gasteiger partial charge in [0.15, 0.2) is 0 Å². The van der Waals surface area contributed by atoms with Crippen molar-refractivity contribution in [2.24, 2.45) is 10.7 Å². The second-order valence-electron chi connectivity index (χ2n) is 5.36. The average molecular weight is 319 g/mol. The van der Waals surface area contributed by atoms with Gasteiger partial charge in [-0.2, -0.15) is 0 Å². The Morgan fingerprint density at radius 2 is 1.58 bits per heavy atom. The number of nitrogens with two attached hydrogens (primary N) is 3. The van der Waals surface area contributed by atoms with Crippen molar-refractivity contribution in [2.75, 3.05) is 16.8 Å². The number of rotatable bonds is 3. The topological polar surface area (TPSA) is 120 Å². The van der Waals surface area contributed by atoms with Gasteiger partial charge >= 0.3 is 0 Å². The van der Waals surface area contributed by atoms with Crippen LogP contribution in [0.3, 0.4) is 0 Å². The third kappa shape index (κ3) is 3.44. The monoisotopic (exact) mass is 319 g/mol. The van der Waals surface area contributed by atoms with Crippen LogP contribution in [-0.2, 0) is 4.79 Å². The number of anilines is 3. The summed E-state index contributed by atoms with van der Waals surface area (Å²) in [6, 6.07) is 14.4. The molecule has 0 amide bonds. The van der Waals surface area contributed by atoms with Crippen LogP contribution in [0.5, 0.6) is 0 Å². The Morgan fingerprint density at radius 1 is 0.875 bits per heavy atom. The molecule has 0 saturated heterocycles. The number of hydrogen-bond donors (Lipinski definition) is 4. The Balaban J connectivity index is 1.98. The minimum atomic E-state index is -0.270. The van der Waals surface area contributed by atoms with Gasteiger partial charge in [0, 0.05) is 23.1 Å². The van der Waals surface area contributed by atoms with Gasteiger partial charge in [-0.15, -0.1) is 0 Å². The highest BCUT2D eigenvalue weighted by Crippen LogP contribution is 2.22. The molecule has 1 aliphatic rings. The summed E-state index contributed by atoms with van der Waals surface area (Å²) in [5, 5.41) is 3.16. The molecule has 2 aromatic rings. The van der Waals surface area contributed by atoms with E-state index in [1.54, 1.807) is 30.3 Å². The first-order chi connectivity index (χ1) is 11.5. The Labute approximate surface area is 139 Å². The van der Waals surface area contributed by atoms with Gasteiger partial charge in [-0.1, -0.05) is 12.1 Å². The van der Waals surface area contributed by atoms with Gasteiger partial charge in [-0.25, -0.2) is 4.99 Å². The number of carbonyl (C=O) groups excluding carboxylic acids is 1. The summed E-state index contributed by atoms with van der Waals surface area (Å²) in [6.07, 6.45) is 2.96. The molecule has 6 heteroatoms. The molecule has 0 aromatic heterocycles. The number of allylic oxidation sites excluding steroid dienone is 2. The molecule has 3 rings (SSSR count). The number of nitrogen functional groups attached to an aromatic ring is 2. The van der Waals surface area contributed by atoms with E-state index in [4.69, 9.17) is 17.2 Å². The van der Waals surface area contributed by atoms with Crippen LogP contribution in [-0.4, -0.2) is 11.5 Å². The number of benzene rings is 2. The smallest absolute Gasteiger partial charge is 0.203 e. The van der Waals surface area contributed by atoms with E-state index < -0.39 is 0 Å². The highest BCUT2D eigenvalue weighted by atomic mass is 16.1. The van der Waals surface area contributed by atoms with E-state index in [9.17, 15) is 4.79 Å². The molecular weight excluding hydrogens is 302 g/mol. The summed E-state index contributed by atoms with van der Waals surface area (Å²) in [6.45, 7) is 0. The largest absolute Gasteiger partial charge is 0.399 e. The van der Waals surface area contributed by atoms with Crippen LogP contribution in [0.2, 0.25) is 0 Å². The van der Waals surface area contributed by atoms with Crippen molar-refractivity contribution >= 4 is 34.2 Å². The number of aliphatic imine (C=N–C) groups is 1. The summed E-state index contributed by atoms with van der Waals surface area (Å²) in [5.41, 5.74) is 21.2. The Hall–Kier alpha value is -3.54. The maximum Gasteiger partial charge on any atom is 0.203 e. The highest BCUT2D eigenvalue weighted by molar-refractivity contribution is 6.23. The van der Waals surface area contributed by atoms with E-state index >= 15 is 0 Å². The van der Waals surface area contributed by atoms with E-state index in [-0.39, 0.29) is 11.5 Å². The first-order valence-corrected chi connectivity index (χ1v) is 7.31. The first kappa shape index (κ1) is 15.4. The predicted octanol–water partition coefficient (Wildman–Crippen LogP) is 2.34. The summed E-state index contributed by atoms with van der Waals surface area (Å²) in [4.78, 5) is 16.4. The molecule has 6 nitrogen and oxygen atoms in total. The molecule has 1 aliphatic carbocycles. The van der Waals surface area contributed by atoms with E-state index in [2.05, 4.69) is 10.3 Å². The summed E-state index contributed by atoms with van der Waals surface area (Å²) in [5.74, 6) is -0.270. The standard InChI is InChI=1S/C18H17N5O/c19-11-3-1-5-13(7-11)22-16-9-15(21)18(24)10-17(16)23-14-6-2-4-12(20)8-14/h1-10,23H,19-21H2. The predicted molar refractivity (Wildman–Crippen MR) is 97.8 cm³/mol. The fourth-order valence-electron chi connectivity index (χ4n) is 2.28. The molecular formula is C18H17N5O. The number of ketones is 1. The van der Waals surface area contributed by atoms with Gasteiger partial charge in [0.25, 0.3) is 0 Å². The quantitative estimate of drug-likeness (QED) is 0.511. The molecule has 120 valence electrons. The maximum absolute atomic E-state index is 11.9. The lowest BCUT2D eigenvalue weighted by atomic mass is 10.1. The number of nitrogens with one attached hydrogen (secondary N) is 1. The van der Waals surface area contributed by atoms with E-state index in [0.29, 0.717) is 28.5 Å². The SMILES string of the molecule is NC1=CC(=Nc2cccc(N)c2)C(Nc2cccc(N)c2)=CC1=O. The normalized spacial score (nSPS) is 15.8. The fraction of sp³-hybridized carbons (Fsp3) is 0. The molecule has 24 heavy (non-hydrogen) atoms. The Kier molecular flexibility index (Phi) is 4.03. The summed E-state index contributed by atoms with van der Waals surface area (Å²) < 4.78 is 0. The second kappa shape index (κ2) is 6.29. The first-order valence-electron chi connectivity index (χ1n) is 7.31. The minimum Gasteiger partial charge on any atom is -0.399 e. The van der Waals surface area contributed by atoms with E-state index in [1.165, 1.54) is 6.08 Å². The third-order valence-electron chi connectivity index (χ3n) is 3.41. The molecule has 0 bridgehead atoms. The molecule has 0 unspecified atom stereocenters. The van der Waals surface area contributed by atoms with Gasteiger partial charge in [-0.05, 0) is 42.5 Å². The lowest BCUT2D eigenvalue weighted by molar-refractivity contribution is -0.111. The van der Waals surface area contributed by atoms with Crippen molar-refractivity contribution in [3.8, 4) is 0 Å². The Bertz CT molecular complexity index is 896. The van der Waals surface area contributed by atoms with Crippen molar-refractivity contribution in [3.05, 3.63) is 72.1 Å². The zero-order valence-electron chi connectivity index (χ0n) is 12.9. The van der Waals surface area contributed by atoms with Crippen LogP contribution in [0.1, 0.15) is 0 Å². The van der Waals surface area contributed by atoms with Gasteiger partial charge in [-0.3, -0.25) is 4.79 Å². The second-order valence-corrected chi connectivity index (χ2v) is 5.36. The van der Waals surface area contributed by atoms with Gasteiger partial charge < -0.3 is 22.5 Å². The zero-order valence-corrected chi connectivity index (χ0v) is 12.9. The third-order valence-corrected chi connectivity index (χ3v) is 3.41. The van der Waals surface area contributed by atoms with Crippen LogP contribution in [0.4, 0.5) is 22.7 Å². The van der Waals surface area contributed by atoms with Gasteiger partial charge in [0.05, 0.1) is 22.8 Å². The van der Waals surface area contributed by atoms with E-state index in [0.717, 1.165) is 5.69 Å². The van der Waals surface area contributed by atoms with E-state index in [1.807, 2.05) is 24.3 Å². The zero-order chi connectivity index (χ0) is 17.1. The molecule has 0 saturated carbocycles. The Morgan fingerprint density at radius 3 is 2.29 bits per heavy atom. The van der Waals surface area contributed by atoms with Crippen molar-refractivity contribution in [1.82, 2.24) is 0 Å². The van der Waals surface area contributed by atoms with Crippen LogP contribution in [0.25, 0.3) is 0 Å². The lowest BCUT2D eigenvalue weighted by Crippen LogP contribution is -2.22. The maximum atomic E-state index is 11.9. The molecule has 0 aliphatic heterocycles. The number of hydrogen-bond acceptors (Lipinski definition) is 6. The minimum absolute atomic E-state index is 0.135. The molecule has 7 N–H and O–H groups in total. The molecule has 0 heterocycles. The molecule has 0 radical (unpaired) electrons. The molecule has 0 fully saturated rings. The molecule has 0 spiro atoms. The van der Waals surface area contributed by atoms with Crippen molar-refractivity contribution < 1.29 is 4.79 Å². The van der Waals surface area contributed by atoms with Crippen molar-refractivity contribution in [3.63, 3.8) is 0 Å². The average Bonchev–Trinajstić information content (AvgIpc) is 2.52. The van der Waals surface area contributed by atoms with Gasteiger partial charge in [0.2, 0.25) is 5.78 Å². The number of carbonyl (C=O) groups is 1. The van der Waals surface area contributed by atoms with Crippen LogP contribution < -0.4 is 22.5 Å². The fourth-order valence-corrected chi connectivity index (χ4v) is 2.28. The van der Waals surface area contributed by atoms with Crippen molar-refractivity contribution in [2.45, 2.75) is 0 Å². The highest BCUT2D eigenvalue weighted by Gasteiger charge is 2.17. The van der Waals surface area contributed by atoms with Gasteiger partial charge in [0.1, 0.15) is 0 Å². The molecule has 2 aromatic carbocycles. The summed E-state index contributed by atoms with van der Waals surface area (Å²) in [7, 11) is 0. The van der Waals surface area contributed by atoms with Crippen molar-refractivity contribution in [1.29, 1.82) is 0 Å². The summed E-state index contributed by atoms with van der Waals surface area (Å²) >= 11 is 0. The van der Waals surface area contributed by atoms with Crippen LogP contribution in [0.15, 0.2) is 77.1 Å². The van der Waals surface area contributed by atoms with Crippen LogP contribution >= 0.6 is 0 Å².